The van der Waals surface area contributed by atoms with Crippen LogP contribution in [-0.4, -0.2) is 71.7 Å². The van der Waals surface area contributed by atoms with E-state index in [1.165, 1.54) is 0 Å². The molecule has 0 aliphatic carbocycles. The standard InChI is InChI=1S/C29H41Cl2NO9/c1-16(2)24(33)39-23-17(3)38-25(34)22(15-37-14-19(23)12-18-10-11-20(30)13-21(18)31)32(26(35)40-28(4,5)6)27(36)41-29(7,8)9/h10-11,13,16-17,19,22-23H,12,14-15H2,1-9H3/t17-,19-,22-,23-/m0/s1. The summed E-state index contributed by atoms with van der Waals surface area (Å²) >= 11 is 12.5. The third-order valence-corrected chi connectivity index (χ3v) is 6.41. The largest absolute Gasteiger partial charge is 0.458 e. The van der Waals surface area contributed by atoms with Crippen LogP contribution in [0.3, 0.4) is 0 Å². The number of nitrogens with zero attached hydrogens (tertiary/aromatic N) is 1. The van der Waals surface area contributed by atoms with Gasteiger partial charge in [-0.25, -0.2) is 14.4 Å². The zero-order valence-electron chi connectivity index (χ0n) is 25.1. The molecule has 2 rings (SSSR count). The maximum atomic E-state index is 13.5. The molecule has 230 valence electrons. The van der Waals surface area contributed by atoms with Crippen LogP contribution in [0.25, 0.3) is 0 Å². The van der Waals surface area contributed by atoms with E-state index in [4.69, 9.17) is 46.9 Å². The predicted octanol–water partition coefficient (Wildman–Crippen LogP) is 6.22. The van der Waals surface area contributed by atoms with E-state index in [-0.39, 0.29) is 6.61 Å². The van der Waals surface area contributed by atoms with Crippen LogP contribution < -0.4 is 0 Å². The average Bonchev–Trinajstić information content (AvgIpc) is 2.84. The molecule has 0 N–H and O–H groups in total. The lowest BCUT2D eigenvalue weighted by Gasteiger charge is -2.32. The van der Waals surface area contributed by atoms with Crippen LogP contribution in [0.4, 0.5) is 9.59 Å². The average molecular weight is 619 g/mol. The zero-order chi connectivity index (χ0) is 31.3. The number of carbonyl (C=O) groups excluding carboxylic acids is 4. The van der Waals surface area contributed by atoms with Gasteiger partial charge in [-0.1, -0.05) is 43.1 Å². The summed E-state index contributed by atoms with van der Waals surface area (Å²) in [5.74, 6) is -2.42. The lowest BCUT2D eigenvalue weighted by atomic mass is 9.91. The molecule has 12 heteroatoms. The van der Waals surface area contributed by atoms with E-state index in [0.717, 1.165) is 0 Å². The number of imide groups is 1. The fraction of sp³-hybridized carbons (Fsp3) is 0.655. The van der Waals surface area contributed by atoms with Crippen LogP contribution >= 0.6 is 23.2 Å². The minimum absolute atomic E-state index is 0.0248. The first-order chi connectivity index (χ1) is 18.8. The molecule has 41 heavy (non-hydrogen) atoms. The van der Waals surface area contributed by atoms with Crippen molar-refractivity contribution < 1.29 is 42.9 Å². The Morgan fingerprint density at radius 1 is 1.00 bits per heavy atom. The molecular weight excluding hydrogens is 577 g/mol. The summed E-state index contributed by atoms with van der Waals surface area (Å²) in [5, 5.41) is 0.872. The smallest absolute Gasteiger partial charge is 0.420 e. The molecule has 0 bridgehead atoms. The van der Waals surface area contributed by atoms with Crippen molar-refractivity contribution in [2.45, 2.75) is 98.2 Å². The molecule has 1 saturated heterocycles. The van der Waals surface area contributed by atoms with E-state index in [1.807, 2.05) is 0 Å². The van der Waals surface area contributed by atoms with E-state index in [1.54, 1.807) is 80.5 Å². The third-order valence-electron chi connectivity index (χ3n) is 5.82. The number of cyclic esters (lactones) is 1. The summed E-state index contributed by atoms with van der Waals surface area (Å²) < 4.78 is 28.3. The van der Waals surface area contributed by atoms with Crippen molar-refractivity contribution in [3.8, 4) is 0 Å². The van der Waals surface area contributed by atoms with E-state index in [9.17, 15) is 19.2 Å². The highest BCUT2D eigenvalue weighted by Crippen LogP contribution is 2.29. The monoisotopic (exact) mass is 617 g/mol. The van der Waals surface area contributed by atoms with Gasteiger partial charge in [-0.15, -0.1) is 0 Å². The molecule has 4 atom stereocenters. The Bertz CT molecular complexity index is 1080. The number of esters is 2. The van der Waals surface area contributed by atoms with Gasteiger partial charge in [0.25, 0.3) is 0 Å². The number of carbonyl (C=O) groups is 4. The van der Waals surface area contributed by atoms with Gasteiger partial charge in [0, 0.05) is 16.0 Å². The van der Waals surface area contributed by atoms with Crippen LogP contribution in [0.15, 0.2) is 18.2 Å². The summed E-state index contributed by atoms with van der Waals surface area (Å²) in [6, 6.07) is 3.50. The molecule has 1 aromatic rings. The molecule has 1 heterocycles. The number of benzene rings is 1. The van der Waals surface area contributed by atoms with Crippen molar-refractivity contribution in [2.75, 3.05) is 13.2 Å². The molecule has 1 aliphatic heterocycles. The number of hydrogen-bond acceptors (Lipinski definition) is 9. The number of halogens is 2. The molecule has 2 amide bonds. The summed E-state index contributed by atoms with van der Waals surface area (Å²) in [6.07, 6.45) is -3.83. The zero-order valence-corrected chi connectivity index (χ0v) is 26.6. The van der Waals surface area contributed by atoms with Crippen LogP contribution in [0.5, 0.6) is 0 Å². The van der Waals surface area contributed by atoms with E-state index in [2.05, 4.69) is 0 Å². The first kappa shape index (κ1) is 34.6. The molecule has 0 radical (unpaired) electrons. The van der Waals surface area contributed by atoms with Crippen molar-refractivity contribution in [1.82, 2.24) is 4.90 Å². The Morgan fingerprint density at radius 2 is 1.56 bits per heavy atom. The number of rotatable bonds is 5. The van der Waals surface area contributed by atoms with Crippen molar-refractivity contribution in [3.63, 3.8) is 0 Å². The minimum Gasteiger partial charge on any atom is -0.458 e. The fourth-order valence-corrected chi connectivity index (χ4v) is 4.43. The normalized spacial score (nSPS) is 22.1. The highest BCUT2D eigenvalue weighted by Gasteiger charge is 2.44. The van der Waals surface area contributed by atoms with Crippen molar-refractivity contribution in [3.05, 3.63) is 33.8 Å². The minimum atomic E-state index is -1.54. The summed E-state index contributed by atoms with van der Waals surface area (Å²) in [7, 11) is 0. The summed E-state index contributed by atoms with van der Waals surface area (Å²) in [4.78, 5) is 53.1. The third kappa shape index (κ3) is 10.7. The quantitative estimate of drug-likeness (QED) is 0.280. The first-order valence-electron chi connectivity index (χ1n) is 13.5. The molecule has 0 spiro atoms. The SMILES string of the molecule is CC(C)C(=O)O[C@@H]1[C@@H](Cc2ccc(Cl)cc2Cl)COC[C@H](N(C(=O)OC(C)(C)C)C(=O)OC(C)(C)C)C(=O)O[C@H]1C. The van der Waals surface area contributed by atoms with E-state index >= 15 is 0 Å². The lowest BCUT2D eigenvalue weighted by molar-refractivity contribution is -0.174. The van der Waals surface area contributed by atoms with Crippen LogP contribution in [0.1, 0.15) is 67.9 Å². The maximum Gasteiger partial charge on any atom is 0.420 e. The maximum absolute atomic E-state index is 13.5. The van der Waals surface area contributed by atoms with E-state index < -0.39 is 72.0 Å². The molecule has 10 nitrogen and oxygen atoms in total. The summed E-state index contributed by atoms with van der Waals surface area (Å²) in [5.41, 5.74) is -1.24. The summed E-state index contributed by atoms with van der Waals surface area (Å²) in [6.45, 7) is 14.2. The Labute approximate surface area is 251 Å². The van der Waals surface area contributed by atoms with Gasteiger partial charge in [0.05, 0.1) is 19.1 Å². The topological polar surface area (TPSA) is 118 Å². The van der Waals surface area contributed by atoms with Gasteiger partial charge in [-0.3, -0.25) is 4.79 Å². The van der Waals surface area contributed by atoms with Gasteiger partial charge in [0.2, 0.25) is 0 Å². The van der Waals surface area contributed by atoms with Crippen molar-refractivity contribution in [2.24, 2.45) is 11.8 Å². The highest BCUT2D eigenvalue weighted by atomic mass is 35.5. The van der Waals surface area contributed by atoms with Crippen molar-refractivity contribution >= 4 is 47.3 Å². The molecule has 0 saturated carbocycles. The Kier molecular flexibility index (Phi) is 11.9. The molecule has 0 aromatic heterocycles. The van der Waals surface area contributed by atoms with Crippen LogP contribution in [-0.2, 0) is 39.7 Å². The molecule has 0 unspecified atom stereocenters. The van der Waals surface area contributed by atoms with Crippen LogP contribution in [0.2, 0.25) is 10.0 Å². The Hall–Kier alpha value is -2.56. The van der Waals surface area contributed by atoms with Gasteiger partial charge in [-0.2, -0.15) is 4.90 Å². The van der Waals surface area contributed by atoms with Crippen molar-refractivity contribution in [1.29, 1.82) is 0 Å². The second kappa shape index (κ2) is 14.1. The number of hydrogen-bond donors (Lipinski definition) is 0. The molecule has 1 aliphatic rings. The Morgan fingerprint density at radius 3 is 2.05 bits per heavy atom. The number of amides is 2. The highest BCUT2D eigenvalue weighted by molar-refractivity contribution is 6.35. The number of ether oxygens (including phenoxy) is 5. The van der Waals surface area contributed by atoms with Gasteiger partial charge < -0.3 is 23.7 Å². The Balaban J connectivity index is 2.48. The van der Waals surface area contributed by atoms with Gasteiger partial charge in [-0.05, 0) is 72.6 Å². The van der Waals surface area contributed by atoms with E-state index in [0.29, 0.717) is 26.9 Å². The first-order valence-corrected chi connectivity index (χ1v) is 14.2. The van der Waals surface area contributed by atoms with Crippen LogP contribution in [0, 0.1) is 11.8 Å². The second-order valence-corrected chi connectivity index (χ2v) is 13.1. The van der Waals surface area contributed by atoms with Gasteiger partial charge in [0.15, 0.2) is 6.04 Å². The van der Waals surface area contributed by atoms with Gasteiger partial charge in [0.1, 0.15) is 23.4 Å². The predicted molar refractivity (Wildman–Crippen MR) is 153 cm³/mol. The molecular formula is C29H41Cl2NO9. The second-order valence-electron chi connectivity index (χ2n) is 12.3. The fourth-order valence-electron chi connectivity index (χ4n) is 3.94. The van der Waals surface area contributed by atoms with Gasteiger partial charge >= 0.3 is 24.1 Å². The molecule has 1 fully saturated rings. The molecule has 1 aromatic carbocycles. The lowest BCUT2D eigenvalue weighted by Crippen LogP contribution is -2.54.